The zero-order valence-corrected chi connectivity index (χ0v) is 10.5. The lowest BCUT2D eigenvalue weighted by Gasteiger charge is -2.10. The standard InChI is InChI=1S/C14H16N2O2/c1-9-7-12(14(18)15-8-10(2)17)11-5-3-4-6-13(11)16-9/h3-7,10,17H,8H2,1-2H3,(H,15,18)/t10-/m1/s1. The molecule has 0 aliphatic heterocycles. The van der Waals surface area contributed by atoms with E-state index in [9.17, 15) is 9.90 Å². The number of nitrogens with one attached hydrogen (secondary N) is 1. The predicted molar refractivity (Wildman–Crippen MR) is 70.5 cm³/mol. The fourth-order valence-electron chi connectivity index (χ4n) is 1.83. The molecule has 0 bridgehead atoms. The van der Waals surface area contributed by atoms with Crippen molar-refractivity contribution in [2.75, 3.05) is 6.54 Å². The van der Waals surface area contributed by atoms with Gasteiger partial charge in [0, 0.05) is 17.6 Å². The monoisotopic (exact) mass is 244 g/mol. The van der Waals surface area contributed by atoms with Crippen LogP contribution in [0.1, 0.15) is 23.0 Å². The summed E-state index contributed by atoms with van der Waals surface area (Å²) >= 11 is 0. The zero-order chi connectivity index (χ0) is 13.1. The van der Waals surface area contributed by atoms with Crippen LogP contribution in [0.15, 0.2) is 30.3 Å². The molecule has 4 heteroatoms. The van der Waals surface area contributed by atoms with Crippen LogP contribution in [0.5, 0.6) is 0 Å². The fourth-order valence-corrected chi connectivity index (χ4v) is 1.83. The van der Waals surface area contributed by atoms with Crippen molar-refractivity contribution in [3.8, 4) is 0 Å². The molecule has 0 aliphatic carbocycles. The van der Waals surface area contributed by atoms with E-state index in [1.54, 1.807) is 13.0 Å². The Labute approximate surface area is 106 Å². The summed E-state index contributed by atoms with van der Waals surface area (Å²) < 4.78 is 0. The number of para-hydroxylation sites is 1. The van der Waals surface area contributed by atoms with Gasteiger partial charge >= 0.3 is 0 Å². The Morgan fingerprint density at radius 2 is 2.17 bits per heavy atom. The summed E-state index contributed by atoms with van der Waals surface area (Å²) in [5.74, 6) is -0.183. The summed E-state index contributed by atoms with van der Waals surface area (Å²) in [6, 6.07) is 9.30. The number of rotatable bonds is 3. The summed E-state index contributed by atoms with van der Waals surface area (Å²) in [7, 11) is 0. The van der Waals surface area contributed by atoms with Crippen molar-refractivity contribution < 1.29 is 9.90 Å². The normalized spacial score (nSPS) is 12.4. The SMILES string of the molecule is Cc1cc(C(=O)NC[C@@H](C)O)c2ccccc2n1. The zero-order valence-electron chi connectivity index (χ0n) is 10.5. The Balaban J connectivity index is 2.40. The highest BCUT2D eigenvalue weighted by Gasteiger charge is 2.11. The first-order valence-corrected chi connectivity index (χ1v) is 5.90. The van der Waals surface area contributed by atoms with Crippen molar-refractivity contribution in [1.29, 1.82) is 0 Å². The minimum Gasteiger partial charge on any atom is -0.392 e. The van der Waals surface area contributed by atoms with E-state index in [4.69, 9.17) is 0 Å². The molecule has 0 saturated heterocycles. The molecule has 4 nitrogen and oxygen atoms in total. The van der Waals surface area contributed by atoms with E-state index in [2.05, 4.69) is 10.3 Å². The highest BCUT2D eigenvalue weighted by molar-refractivity contribution is 6.06. The Morgan fingerprint density at radius 3 is 2.89 bits per heavy atom. The number of aliphatic hydroxyl groups is 1. The molecule has 0 fully saturated rings. The molecule has 0 radical (unpaired) electrons. The smallest absolute Gasteiger partial charge is 0.252 e. The molecular weight excluding hydrogens is 228 g/mol. The average Bonchev–Trinajstić information content (AvgIpc) is 2.34. The molecule has 1 amide bonds. The maximum atomic E-state index is 12.1. The molecule has 18 heavy (non-hydrogen) atoms. The largest absolute Gasteiger partial charge is 0.392 e. The summed E-state index contributed by atoms with van der Waals surface area (Å²) in [4.78, 5) is 16.4. The van der Waals surface area contributed by atoms with Gasteiger partial charge in [0.15, 0.2) is 0 Å². The average molecular weight is 244 g/mol. The number of aryl methyl sites for hydroxylation is 1. The van der Waals surface area contributed by atoms with Crippen molar-refractivity contribution in [2.45, 2.75) is 20.0 Å². The molecule has 1 atom stereocenters. The minimum absolute atomic E-state index is 0.183. The second-order valence-electron chi connectivity index (χ2n) is 4.39. The molecule has 0 spiro atoms. The van der Waals surface area contributed by atoms with Crippen LogP contribution in [0, 0.1) is 6.92 Å². The van der Waals surface area contributed by atoms with Crippen LogP contribution in [0.4, 0.5) is 0 Å². The number of aromatic nitrogens is 1. The molecule has 0 aliphatic rings. The lowest BCUT2D eigenvalue weighted by molar-refractivity contribution is 0.0925. The first-order valence-electron chi connectivity index (χ1n) is 5.90. The molecule has 2 rings (SSSR count). The molecule has 0 saturated carbocycles. The van der Waals surface area contributed by atoms with E-state index >= 15 is 0 Å². The first-order chi connectivity index (χ1) is 8.58. The van der Waals surface area contributed by atoms with Gasteiger partial charge in [-0.25, -0.2) is 0 Å². The van der Waals surface area contributed by atoms with E-state index in [1.165, 1.54) is 0 Å². The van der Waals surface area contributed by atoms with Crippen LogP contribution in [0.3, 0.4) is 0 Å². The highest BCUT2D eigenvalue weighted by atomic mass is 16.3. The number of amides is 1. The lowest BCUT2D eigenvalue weighted by Crippen LogP contribution is -2.30. The summed E-state index contributed by atoms with van der Waals surface area (Å²) in [6.07, 6.45) is -0.553. The number of hydrogen-bond donors (Lipinski definition) is 2. The summed E-state index contributed by atoms with van der Waals surface area (Å²) in [5.41, 5.74) is 2.20. The van der Waals surface area contributed by atoms with Gasteiger partial charge in [-0.3, -0.25) is 9.78 Å². The second-order valence-corrected chi connectivity index (χ2v) is 4.39. The number of carbonyl (C=O) groups is 1. The predicted octanol–water partition coefficient (Wildman–Crippen LogP) is 1.65. The molecule has 2 N–H and O–H groups in total. The third kappa shape index (κ3) is 2.65. The van der Waals surface area contributed by atoms with Gasteiger partial charge in [0.1, 0.15) is 0 Å². The van der Waals surface area contributed by atoms with Crippen molar-refractivity contribution in [1.82, 2.24) is 10.3 Å². The number of carbonyl (C=O) groups excluding carboxylic acids is 1. The van der Waals surface area contributed by atoms with E-state index in [0.717, 1.165) is 16.6 Å². The molecule has 94 valence electrons. The molecule has 2 aromatic rings. The Bertz CT molecular complexity index is 579. The van der Waals surface area contributed by atoms with E-state index in [1.807, 2.05) is 31.2 Å². The van der Waals surface area contributed by atoms with E-state index < -0.39 is 6.10 Å². The van der Waals surface area contributed by atoms with Crippen LogP contribution in [0.2, 0.25) is 0 Å². The van der Waals surface area contributed by atoms with Crippen molar-refractivity contribution in [3.05, 3.63) is 41.6 Å². The third-order valence-corrected chi connectivity index (χ3v) is 2.65. The maximum absolute atomic E-state index is 12.1. The number of nitrogens with zero attached hydrogens (tertiary/aromatic N) is 1. The number of fused-ring (bicyclic) bond motifs is 1. The van der Waals surface area contributed by atoms with Gasteiger partial charge in [0.2, 0.25) is 0 Å². The van der Waals surface area contributed by atoms with Crippen LogP contribution >= 0.6 is 0 Å². The fraction of sp³-hybridized carbons (Fsp3) is 0.286. The number of pyridine rings is 1. The van der Waals surface area contributed by atoms with E-state index in [0.29, 0.717) is 5.56 Å². The topological polar surface area (TPSA) is 62.2 Å². The molecule has 1 heterocycles. The van der Waals surface area contributed by atoms with Crippen molar-refractivity contribution in [3.63, 3.8) is 0 Å². The molecular formula is C14H16N2O2. The van der Waals surface area contributed by atoms with Crippen LogP contribution in [-0.4, -0.2) is 28.6 Å². The maximum Gasteiger partial charge on any atom is 0.252 e. The Kier molecular flexibility index (Phi) is 3.58. The molecule has 0 unspecified atom stereocenters. The van der Waals surface area contributed by atoms with Crippen molar-refractivity contribution in [2.24, 2.45) is 0 Å². The number of benzene rings is 1. The quantitative estimate of drug-likeness (QED) is 0.863. The van der Waals surface area contributed by atoms with Gasteiger partial charge in [0.25, 0.3) is 5.91 Å². The Morgan fingerprint density at radius 1 is 1.44 bits per heavy atom. The van der Waals surface area contributed by atoms with Crippen LogP contribution in [-0.2, 0) is 0 Å². The first kappa shape index (κ1) is 12.5. The van der Waals surface area contributed by atoms with Gasteiger partial charge in [-0.1, -0.05) is 18.2 Å². The minimum atomic E-state index is -0.553. The summed E-state index contributed by atoms with van der Waals surface area (Å²) in [6.45, 7) is 3.74. The second kappa shape index (κ2) is 5.14. The van der Waals surface area contributed by atoms with E-state index in [-0.39, 0.29) is 12.5 Å². The van der Waals surface area contributed by atoms with Crippen LogP contribution in [0.25, 0.3) is 10.9 Å². The van der Waals surface area contributed by atoms with Gasteiger partial charge in [0.05, 0.1) is 17.2 Å². The van der Waals surface area contributed by atoms with Gasteiger partial charge in [-0.15, -0.1) is 0 Å². The van der Waals surface area contributed by atoms with Gasteiger partial charge in [-0.05, 0) is 26.0 Å². The lowest BCUT2D eigenvalue weighted by atomic mass is 10.1. The number of hydrogen-bond acceptors (Lipinski definition) is 3. The Hall–Kier alpha value is -1.94. The molecule has 1 aromatic heterocycles. The highest BCUT2D eigenvalue weighted by Crippen LogP contribution is 2.17. The van der Waals surface area contributed by atoms with Crippen LogP contribution < -0.4 is 5.32 Å². The number of aliphatic hydroxyl groups excluding tert-OH is 1. The summed E-state index contributed by atoms with van der Waals surface area (Å²) in [5, 5.41) is 12.7. The molecule has 1 aromatic carbocycles. The van der Waals surface area contributed by atoms with Gasteiger partial charge < -0.3 is 10.4 Å². The van der Waals surface area contributed by atoms with Gasteiger partial charge in [-0.2, -0.15) is 0 Å². The third-order valence-electron chi connectivity index (χ3n) is 2.65. The van der Waals surface area contributed by atoms with Crippen molar-refractivity contribution >= 4 is 16.8 Å².